The van der Waals surface area contributed by atoms with Gasteiger partial charge in [0.25, 0.3) is 0 Å². The topological polar surface area (TPSA) is 47.6 Å². The third-order valence-corrected chi connectivity index (χ3v) is 8.63. The van der Waals surface area contributed by atoms with Crippen LogP contribution in [-0.2, 0) is 31.8 Å². The van der Waals surface area contributed by atoms with Gasteiger partial charge in [-0.3, -0.25) is 0 Å². The summed E-state index contributed by atoms with van der Waals surface area (Å²) in [5, 5.41) is 0. The first-order valence-electron chi connectivity index (χ1n) is 7.50. The van der Waals surface area contributed by atoms with Crippen molar-refractivity contribution >= 4 is 41.9 Å². The van der Waals surface area contributed by atoms with Gasteiger partial charge in [-0.15, -0.1) is 12.6 Å². The average Bonchev–Trinajstić information content (AvgIpc) is 2.45. The van der Waals surface area contributed by atoms with Crippen LogP contribution >= 0.6 is 19.1 Å². The van der Waals surface area contributed by atoms with Crippen LogP contribution in [0.5, 0.6) is 0 Å². The van der Waals surface area contributed by atoms with Crippen molar-refractivity contribution in [1.82, 2.24) is 4.72 Å². The molecule has 132 valence electrons. The molecule has 23 heavy (non-hydrogen) atoms. The van der Waals surface area contributed by atoms with Crippen molar-refractivity contribution in [2.75, 3.05) is 13.2 Å². The van der Waals surface area contributed by atoms with Gasteiger partial charge in [0, 0.05) is 4.90 Å². The van der Waals surface area contributed by atoms with Crippen molar-refractivity contribution in [3.63, 3.8) is 0 Å². The lowest BCUT2D eigenvalue weighted by atomic mass is 10.2. The molecule has 4 nitrogen and oxygen atoms in total. The Morgan fingerprint density at radius 1 is 1.26 bits per heavy atom. The molecule has 0 amide bonds. The van der Waals surface area contributed by atoms with Crippen molar-refractivity contribution in [3.05, 3.63) is 29.8 Å². The summed E-state index contributed by atoms with van der Waals surface area (Å²) in [6, 6.07) is 7.60. The molecule has 1 rings (SSSR count). The number of nitrogens with one attached hydrogen (secondary N) is 1. The van der Waals surface area contributed by atoms with Crippen molar-refractivity contribution < 1.29 is 13.3 Å². The number of thiol groups is 1. The second-order valence-electron chi connectivity index (χ2n) is 5.84. The summed E-state index contributed by atoms with van der Waals surface area (Å²) in [7, 11) is -1.31. The Hall–Kier alpha value is 0.250. The van der Waals surface area contributed by atoms with E-state index in [9.17, 15) is 4.21 Å². The molecule has 0 spiro atoms. The van der Waals surface area contributed by atoms with Gasteiger partial charge in [0.15, 0.2) is 0 Å². The zero-order valence-corrected chi connectivity index (χ0v) is 17.7. The van der Waals surface area contributed by atoms with Gasteiger partial charge in [0.05, 0.1) is 28.9 Å². The minimum atomic E-state index is -2.72. The third kappa shape index (κ3) is 5.92. The molecule has 0 heterocycles. The molecule has 1 aromatic carbocycles. The lowest BCUT2D eigenvalue weighted by Crippen LogP contribution is -2.36. The largest absolute Gasteiger partial charge is 0.328 e. The Bertz CT molecular complexity index is 580. The van der Waals surface area contributed by atoms with E-state index in [4.69, 9.17) is 20.9 Å². The van der Waals surface area contributed by atoms with Crippen LogP contribution in [0.1, 0.15) is 46.0 Å². The van der Waals surface area contributed by atoms with Gasteiger partial charge in [-0.05, 0) is 58.1 Å². The van der Waals surface area contributed by atoms with Gasteiger partial charge in [0.2, 0.25) is 6.49 Å². The van der Waals surface area contributed by atoms with Crippen LogP contribution in [-0.4, -0.2) is 22.2 Å². The summed E-state index contributed by atoms with van der Waals surface area (Å²) < 4.78 is 27.0. The highest BCUT2D eigenvalue weighted by atomic mass is 32.5. The van der Waals surface area contributed by atoms with Crippen LogP contribution in [0.2, 0.25) is 0 Å². The molecule has 2 atom stereocenters. The Labute approximate surface area is 152 Å². The molecule has 1 unspecified atom stereocenters. The van der Waals surface area contributed by atoms with E-state index >= 15 is 0 Å². The van der Waals surface area contributed by atoms with Crippen LogP contribution < -0.4 is 4.72 Å². The monoisotopic (exact) mass is 395 g/mol. The van der Waals surface area contributed by atoms with Gasteiger partial charge >= 0.3 is 0 Å². The van der Waals surface area contributed by atoms with E-state index < -0.39 is 28.0 Å². The molecule has 0 aliphatic rings. The maximum atomic E-state index is 12.7. The predicted octanol–water partition coefficient (Wildman–Crippen LogP) is 4.41. The fourth-order valence-electron chi connectivity index (χ4n) is 1.84. The second kappa shape index (κ2) is 9.09. The SMILES string of the molecule is CCOP(=S)(OCC)[C@@H](NS(=O)C(C)(C)C)c1ccccc1S. The van der Waals surface area contributed by atoms with E-state index in [-0.39, 0.29) is 0 Å². The first-order chi connectivity index (χ1) is 10.7. The number of benzene rings is 1. The van der Waals surface area contributed by atoms with Crippen molar-refractivity contribution in [2.45, 2.75) is 50.0 Å². The molecule has 0 saturated carbocycles. The first kappa shape index (κ1) is 21.3. The van der Waals surface area contributed by atoms with Crippen molar-refractivity contribution in [3.8, 4) is 0 Å². The Kier molecular flexibility index (Phi) is 8.41. The molecule has 0 fully saturated rings. The highest BCUT2D eigenvalue weighted by Gasteiger charge is 2.36. The van der Waals surface area contributed by atoms with Crippen LogP contribution in [0.25, 0.3) is 0 Å². The van der Waals surface area contributed by atoms with Crippen LogP contribution in [0.3, 0.4) is 0 Å². The summed E-state index contributed by atoms with van der Waals surface area (Å²) in [4.78, 5) is 0.768. The Balaban J connectivity index is 3.33. The molecule has 0 bridgehead atoms. The van der Waals surface area contributed by atoms with Gasteiger partial charge in [-0.25, -0.2) is 8.93 Å². The highest BCUT2D eigenvalue weighted by Crippen LogP contribution is 2.60. The standard InChI is InChI=1S/C15H26NO3PS3/c1-6-18-20(22,19-7-2)14(16-23(17)15(3,4)5)12-10-8-9-11-13(12)21/h8-11,14,16,21H,6-7H2,1-5H3/t14-,23?/m1/s1. The fourth-order valence-corrected chi connectivity index (χ4v) is 6.74. The van der Waals surface area contributed by atoms with Gasteiger partial charge in [-0.2, -0.15) is 0 Å². The van der Waals surface area contributed by atoms with E-state index in [0.717, 1.165) is 10.5 Å². The van der Waals surface area contributed by atoms with E-state index in [1.807, 2.05) is 58.9 Å². The zero-order chi connectivity index (χ0) is 17.7. The van der Waals surface area contributed by atoms with Crippen molar-refractivity contribution in [2.24, 2.45) is 0 Å². The van der Waals surface area contributed by atoms with Gasteiger partial charge in [0.1, 0.15) is 5.78 Å². The van der Waals surface area contributed by atoms with Crippen LogP contribution in [0.4, 0.5) is 0 Å². The average molecular weight is 396 g/mol. The second-order valence-corrected chi connectivity index (χ2v) is 12.0. The maximum absolute atomic E-state index is 12.7. The van der Waals surface area contributed by atoms with Crippen LogP contribution in [0.15, 0.2) is 29.2 Å². The number of rotatable bonds is 8. The first-order valence-corrected chi connectivity index (χ1v) is 11.8. The van der Waals surface area contributed by atoms with E-state index in [1.54, 1.807) is 0 Å². The maximum Gasteiger partial charge on any atom is 0.211 e. The normalized spacial score (nSPS) is 15.4. The lowest BCUT2D eigenvalue weighted by Gasteiger charge is -2.33. The summed E-state index contributed by atoms with van der Waals surface area (Å²) >= 11 is 10.3. The summed E-state index contributed by atoms with van der Waals surface area (Å²) in [5.74, 6) is -0.480. The van der Waals surface area contributed by atoms with Gasteiger partial charge < -0.3 is 9.05 Å². The highest BCUT2D eigenvalue weighted by molar-refractivity contribution is 8.10. The fraction of sp³-hybridized carbons (Fsp3) is 0.600. The molecule has 1 N–H and O–H groups in total. The molecule has 1 aromatic rings. The molecular formula is C15H26NO3PS3. The van der Waals surface area contributed by atoms with E-state index in [2.05, 4.69) is 17.4 Å². The molecule has 0 aliphatic carbocycles. The van der Waals surface area contributed by atoms with Crippen LogP contribution in [0, 0.1) is 0 Å². The summed E-state index contributed by atoms with van der Waals surface area (Å²) in [6.45, 7) is 7.63. The smallest absolute Gasteiger partial charge is 0.211 e. The lowest BCUT2D eigenvalue weighted by molar-refractivity contribution is 0.258. The summed E-state index contributed by atoms with van der Waals surface area (Å²) in [6.07, 6.45) is 0. The van der Waals surface area contributed by atoms with Crippen molar-refractivity contribution in [1.29, 1.82) is 0 Å². The predicted molar refractivity (Wildman–Crippen MR) is 105 cm³/mol. The minimum Gasteiger partial charge on any atom is -0.328 e. The molecule has 0 aromatic heterocycles. The molecule has 8 heteroatoms. The molecular weight excluding hydrogens is 369 g/mol. The van der Waals surface area contributed by atoms with E-state index in [1.165, 1.54) is 0 Å². The number of hydrogen-bond donors (Lipinski definition) is 2. The Morgan fingerprint density at radius 3 is 2.22 bits per heavy atom. The molecule has 0 radical (unpaired) electrons. The number of hydrogen-bond acceptors (Lipinski definition) is 5. The van der Waals surface area contributed by atoms with Gasteiger partial charge in [-0.1, -0.05) is 18.2 Å². The molecule has 0 aliphatic heterocycles. The Morgan fingerprint density at radius 2 is 1.78 bits per heavy atom. The quantitative estimate of drug-likeness (QED) is 0.506. The third-order valence-electron chi connectivity index (χ3n) is 2.94. The summed E-state index contributed by atoms with van der Waals surface area (Å²) in [5.41, 5.74) is 0.846. The molecule has 0 saturated heterocycles. The zero-order valence-electron chi connectivity index (χ0n) is 14.2. The van der Waals surface area contributed by atoms with E-state index in [0.29, 0.717) is 13.2 Å². The minimum absolute atomic E-state index is 0.428.